The third kappa shape index (κ3) is 1.75. The largest absolute Gasteiger partial charge is 0.366 e. The topological polar surface area (TPSA) is 92.5 Å². The Hall–Kier alpha value is -0.160. The van der Waals surface area contributed by atoms with E-state index in [1.807, 2.05) is 0 Å². The Bertz CT molecular complexity index is 72.4. The van der Waals surface area contributed by atoms with Gasteiger partial charge in [-0.15, -0.1) is 0 Å². The van der Waals surface area contributed by atoms with Crippen molar-refractivity contribution in [2.45, 2.75) is 25.3 Å². The lowest BCUT2D eigenvalue weighted by Crippen LogP contribution is -2.58. The Kier molecular flexibility index (Phi) is 2.36. The van der Waals surface area contributed by atoms with E-state index >= 15 is 0 Å². The summed E-state index contributed by atoms with van der Waals surface area (Å²) in [4.78, 5) is 0. The highest BCUT2D eigenvalue weighted by Gasteiger charge is 2.24. The van der Waals surface area contributed by atoms with Gasteiger partial charge in [0.15, 0.2) is 6.29 Å². The van der Waals surface area contributed by atoms with E-state index in [4.69, 9.17) is 21.7 Å². The molecule has 0 unspecified atom stereocenters. The zero-order valence-corrected chi connectivity index (χ0v) is 4.83. The lowest BCUT2D eigenvalue weighted by atomic mass is 10.1. The highest BCUT2D eigenvalue weighted by atomic mass is 16.5. The van der Waals surface area contributed by atoms with Gasteiger partial charge in [0.05, 0.1) is 0 Å². The summed E-state index contributed by atoms with van der Waals surface area (Å²) in [7, 11) is 0. The molecule has 0 fully saturated rings. The average Bonchev–Trinajstić information content (AvgIpc) is 1.67. The second kappa shape index (κ2) is 2.41. The molecule has 0 radical (unpaired) electrons. The number of hydrogen-bond donors (Lipinski definition) is 4. The fourth-order valence-electron chi connectivity index (χ4n) is 0.183. The van der Waals surface area contributed by atoms with Gasteiger partial charge in [-0.25, -0.2) is 0 Å². The van der Waals surface area contributed by atoms with Crippen molar-refractivity contribution in [2.24, 2.45) is 11.5 Å². The maximum atomic E-state index is 8.39. The maximum absolute atomic E-state index is 8.39. The molecule has 0 aromatic carbocycles. The predicted molar refractivity (Wildman–Crippen MR) is 29.6 cm³/mol. The molecule has 6 N–H and O–H groups in total. The summed E-state index contributed by atoms with van der Waals surface area (Å²) in [6.07, 6.45) is -1.29. The summed E-state index contributed by atoms with van der Waals surface area (Å²) in [6, 6.07) is 0. The van der Waals surface area contributed by atoms with Gasteiger partial charge in [-0.1, -0.05) is 6.92 Å². The fraction of sp³-hybridized carbons (Fsp3) is 1.00. The van der Waals surface area contributed by atoms with Crippen LogP contribution in [0.4, 0.5) is 0 Å². The molecular weight excluding hydrogens is 108 g/mol. The first kappa shape index (κ1) is 7.84. The van der Waals surface area contributed by atoms with Gasteiger partial charge in [-0.2, -0.15) is 0 Å². The smallest absolute Gasteiger partial charge is 0.183 e. The van der Waals surface area contributed by atoms with Gasteiger partial charge in [0.1, 0.15) is 5.66 Å². The van der Waals surface area contributed by atoms with Gasteiger partial charge >= 0.3 is 0 Å². The summed E-state index contributed by atoms with van der Waals surface area (Å²) in [5.41, 5.74) is 8.93. The van der Waals surface area contributed by atoms with E-state index in [2.05, 4.69) is 0 Å². The van der Waals surface area contributed by atoms with E-state index in [1.165, 1.54) is 0 Å². The highest BCUT2D eigenvalue weighted by molar-refractivity contribution is 4.75. The first-order chi connectivity index (χ1) is 3.50. The van der Waals surface area contributed by atoms with E-state index < -0.39 is 12.0 Å². The third-order valence-corrected chi connectivity index (χ3v) is 1.09. The molecule has 0 rings (SSSR count). The molecule has 0 saturated heterocycles. The van der Waals surface area contributed by atoms with Crippen LogP contribution in [0.2, 0.25) is 0 Å². The molecular formula is C4H12N2O2. The molecule has 0 aliphatic rings. The minimum absolute atomic E-state index is 0.338. The van der Waals surface area contributed by atoms with Gasteiger partial charge in [-0.3, -0.25) is 0 Å². The summed E-state index contributed by atoms with van der Waals surface area (Å²) < 4.78 is 0. The Morgan fingerprint density at radius 2 is 1.88 bits per heavy atom. The van der Waals surface area contributed by atoms with E-state index in [9.17, 15) is 0 Å². The number of hydrogen-bond acceptors (Lipinski definition) is 4. The van der Waals surface area contributed by atoms with E-state index in [1.54, 1.807) is 6.92 Å². The molecule has 0 saturated carbocycles. The van der Waals surface area contributed by atoms with Crippen molar-refractivity contribution in [3.63, 3.8) is 0 Å². The monoisotopic (exact) mass is 120 g/mol. The van der Waals surface area contributed by atoms with Crippen LogP contribution in [-0.2, 0) is 0 Å². The first-order valence-electron chi connectivity index (χ1n) is 2.44. The number of nitrogens with two attached hydrogens (primary N) is 2. The fourth-order valence-corrected chi connectivity index (χ4v) is 0.183. The molecule has 0 heterocycles. The zero-order valence-electron chi connectivity index (χ0n) is 4.83. The third-order valence-electron chi connectivity index (χ3n) is 1.09. The Balaban J connectivity index is 3.71. The van der Waals surface area contributed by atoms with E-state index in [-0.39, 0.29) is 0 Å². The standard InChI is InChI=1S/C4H12N2O2/c1-2-4(5,6)3(7)8/h3,7-8H,2,5-6H2,1H3. The normalized spacial score (nSPS) is 12.8. The lowest BCUT2D eigenvalue weighted by molar-refractivity contribution is -0.0956. The average molecular weight is 120 g/mol. The Morgan fingerprint density at radius 3 is 1.88 bits per heavy atom. The van der Waals surface area contributed by atoms with E-state index in [0.29, 0.717) is 6.42 Å². The van der Waals surface area contributed by atoms with Crippen LogP contribution in [0, 0.1) is 0 Å². The molecule has 4 nitrogen and oxygen atoms in total. The molecule has 0 atom stereocenters. The van der Waals surface area contributed by atoms with Crippen LogP contribution in [0.25, 0.3) is 0 Å². The second-order valence-corrected chi connectivity index (χ2v) is 1.84. The quantitative estimate of drug-likeness (QED) is 0.327. The highest BCUT2D eigenvalue weighted by Crippen LogP contribution is 1.99. The van der Waals surface area contributed by atoms with Gasteiger partial charge in [0.25, 0.3) is 0 Å². The predicted octanol–water partition coefficient (Wildman–Crippen LogP) is -1.68. The maximum Gasteiger partial charge on any atom is 0.183 e. The van der Waals surface area contributed by atoms with Gasteiger partial charge < -0.3 is 21.7 Å². The first-order valence-corrected chi connectivity index (χ1v) is 2.44. The van der Waals surface area contributed by atoms with Crippen molar-refractivity contribution in [1.29, 1.82) is 0 Å². The van der Waals surface area contributed by atoms with Crippen LogP contribution in [0.5, 0.6) is 0 Å². The van der Waals surface area contributed by atoms with Crippen LogP contribution in [0.1, 0.15) is 13.3 Å². The molecule has 0 bridgehead atoms. The number of aliphatic hydroxyl groups is 2. The molecule has 0 aliphatic carbocycles. The number of rotatable bonds is 2. The van der Waals surface area contributed by atoms with Crippen LogP contribution >= 0.6 is 0 Å². The van der Waals surface area contributed by atoms with Crippen molar-refractivity contribution in [1.82, 2.24) is 0 Å². The molecule has 0 aliphatic heterocycles. The summed E-state index contributed by atoms with van der Waals surface area (Å²) in [6.45, 7) is 1.68. The summed E-state index contributed by atoms with van der Waals surface area (Å²) in [5.74, 6) is 0. The second-order valence-electron chi connectivity index (χ2n) is 1.84. The number of aliphatic hydroxyl groups excluding tert-OH is 1. The lowest BCUT2D eigenvalue weighted by Gasteiger charge is -2.23. The zero-order chi connectivity index (χ0) is 6.78. The molecule has 50 valence electrons. The molecule has 0 aromatic rings. The van der Waals surface area contributed by atoms with Crippen LogP contribution < -0.4 is 11.5 Å². The van der Waals surface area contributed by atoms with Crippen molar-refractivity contribution < 1.29 is 10.2 Å². The summed E-state index contributed by atoms with van der Waals surface area (Å²) >= 11 is 0. The minimum Gasteiger partial charge on any atom is -0.366 e. The van der Waals surface area contributed by atoms with Gasteiger partial charge in [0, 0.05) is 0 Å². The summed E-state index contributed by atoms with van der Waals surface area (Å²) in [5, 5.41) is 16.8. The molecule has 0 aromatic heterocycles. The van der Waals surface area contributed by atoms with Crippen molar-refractivity contribution in [3.05, 3.63) is 0 Å². The van der Waals surface area contributed by atoms with Crippen LogP contribution in [-0.4, -0.2) is 22.2 Å². The minimum atomic E-state index is -1.63. The van der Waals surface area contributed by atoms with Crippen LogP contribution in [0.3, 0.4) is 0 Å². The van der Waals surface area contributed by atoms with Crippen molar-refractivity contribution in [3.8, 4) is 0 Å². The Morgan fingerprint density at radius 1 is 1.50 bits per heavy atom. The molecule has 0 amide bonds. The van der Waals surface area contributed by atoms with Crippen molar-refractivity contribution >= 4 is 0 Å². The van der Waals surface area contributed by atoms with Gasteiger partial charge in [-0.05, 0) is 6.42 Å². The Labute approximate surface area is 48.1 Å². The molecule has 8 heavy (non-hydrogen) atoms. The SMILES string of the molecule is CCC(N)(N)C(O)O. The van der Waals surface area contributed by atoms with E-state index in [0.717, 1.165) is 0 Å². The molecule has 4 heteroatoms. The van der Waals surface area contributed by atoms with Gasteiger partial charge in [0.2, 0.25) is 0 Å². The van der Waals surface area contributed by atoms with Crippen LogP contribution in [0.15, 0.2) is 0 Å². The van der Waals surface area contributed by atoms with Crippen molar-refractivity contribution in [2.75, 3.05) is 0 Å². The molecule has 0 spiro atoms.